The SMILES string of the molecule is NC(=O)CC1CCCCC1.O=c1[nH]c2ncccc2o1. The van der Waals surface area contributed by atoms with Gasteiger partial charge in [0, 0.05) is 12.6 Å². The highest BCUT2D eigenvalue weighted by molar-refractivity contribution is 5.73. The first-order valence-corrected chi connectivity index (χ1v) is 6.87. The van der Waals surface area contributed by atoms with Crippen LogP contribution >= 0.6 is 0 Å². The first kappa shape index (κ1) is 14.3. The van der Waals surface area contributed by atoms with Crippen molar-refractivity contribution in [2.45, 2.75) is 38.5 Å². The molecule has 2 aromatic rings. The molecular formula is C14H19N3O3. The lowest BCUT2D eigenvalue weighted by molar-refractivity contribution is -0.119. The molecule has 0 spiro atoms. The molecule has 1 aliphatic rings. The van der Waals surface area contributed by atoms with E-state index < -0.39 is 5.76 Å². The standard InChI is InChI=1S/C8H15NO.C6H4N2O2/c9-8(10)6-7-4-2-1-3-5-7;9-6-8-5-4(10-6)2-1-3-7-5/h7H,1-6H2,(H2,9,10);1-3H,(H,7,8,9). The summed E-state index contributed by atoms with van der Waals surface area (Å²) < 4.78 is 4.69. The second kappa shape index (κ2) is 6.88. The van der Waals surface area contributed by atoms with Crippen molar-refractivity contribution in [2.75, 3.05) is 0 Å². The number of carbonyl (C=O) groups excluding carboxylic acids is 1. The van der Waals surface area contributed by atoms with Crippen LogP contribution in [0.3, 0.4) is 0 Å². The Kier molecular flexibility index (Phi) is 4.92. The molecule has 3 N–H and O–H groups in total. The fraction of sp³-hybridized carbons (Fsp3) is 0.500. The number of H-pyrrole nitrogens is 1. The van der Waals surface area contributed by atoms with Gasteiger partial charge in [-0.05, 0) is 30.9 Å². The summed E-state index contributed by atoms with van der Waals surface area (Å²) in [6.45, 7) is 0. The summed E-state index contributed by atoms with van der Waals surface area (Å²) in [5.41, 5.74) is 6.07. The number of hydrogen-bond donors (Lipinski definition) is 2. The highest BCUT2D eigenvalue weighted by Gasteiger charge is 2.14. The third kappa shape index (κ3) is 4.22. The zero-order valence-corrected chi connectivity index (χ0v) is 11.3. The molecule has 1 fully saturated rings. The van der Waals surface area contributed by atoms with Gasteiger partial charge in [0.05, 0.1) is 0 Å². The predicted octanol–water partition coefficient (Wildman–Crippen LogP) is 1.96. The number of nitrogens with two attached hydrogens (primary N) is 1. The van der Waals surface area contributed by atoms with Gasteiger partial charge < -0.3 is 10.2 Å². The third-order valence-corrected chi connectivity index (χ3v) is 3.41. The van der Waals surface area contributed by atoms with Crippen LogP contribution in [0.25, 0.3) is 11.2 Å². The molecule has 1 aliphatic carbocycles. The van der Waals surface area contributed by atoms with E-state index in [0.717, 1.165) is 0 Å². The van der Waals surface area contributed by atoms with Crippen molar-refractivity contribution in [1.82, 2.24) is 9.97 Å². The van der Waals surface area contributed by atoms with Crippen molar-refractivity contribution in [2.24, 2.45) is 11.7 Å². The van der Waals surface area contributed by atoms with Gasteiger partial charge in [-0.25, -0.2) is 9.78 Å². The van der Waals surface area contributed by atoms with Crippen molar-refractivity contribution in [3.8, 4) is 0 Å². The van der Waals surface area contributed by atoms with E-state index in [2.05, 4.69) is 9.97 Å². The molecule has 0 aliphatic heterocycles. The van der Waals surface area contributed by atoms with Gasteiger partial charge in [0.2, 0.25) is 5.91 Å². The number of oxazole rings is 1. The van der Waals surface area contributed by atoms with Crippen molar-refractivity contribution < 1.29 is 9.21 Å². The number of primary amides is 1. The largest absolute Gasteiger partial charge is 0.418 e. The van der Waals surface area contributed by atoms with Crippen molar-refractivity contribution >= 4 is 17.1 Å². The van der Waals surface area contributed by atoms with Gasteiger partial charge in [0.1, 0.15) is 0 Å². The zero-order valence-electron chi connectivity index (χ0n) is 11.3. The fourth-order valence-corrected chi connectivity index (χ4v) is 2.46. The Morgan fingerprint density at radius 1 is 1.40 bits per heavy atom. The average Bonchev–Trinajstić information content (AvgIpc) is 2.80. The molecule has 1 saturated carbocycles. The quantitative estimate of drug-likeness (QED) is 0.875. The first-order valence-electron chi connectivity index (χ1n) is 6.87. The fourth-order valence-electron chi connectivity index (χ4n) is 2.46. The summed E-state index contributed by atoms with van der Waals surface area (Å²) >= 11 is 0. The number of nitrogens with zero attached hydrogens (tertiary/aromatic N) is 1. The Labute approximate surface area is 116 Å². The Morgan fingerprint density at radius 2 is 2.15 bits per heavy atom. The number of amides is 1. The number of nitrogens with one attached hydrogen (secondary N) is 1. The lowest BCUT2D eigenvalue weighted by Crippen LogP contribution is -2.18. The number of aromatic nitrogens is 2. The maximum Gasteiger partial charge on any atom is 0.418 e. The molecule has 108 valence electrons. The lowest BCUT2D eigenvalue weighted by atomic mass is 9.87. The normalized spacial score (nSPS) is 15.6. The number of pyridine rings is 1. The Bertz CT molecular complexity index is 575. The third-order valence-electron chi connectivity index (χ3n) is 3.41. The van der Waals surface area contributed by atoms with E-state index in [4.69, 9.17) is 10.2 Å². The smallest absolute Gasteiger partial charge is 0.406 e. The van der Waals surface area contributed by atoms with E-state index >= 15 is 0 Å². The molecule has 0 atom stereocenters. The van der Waals surface area contributed by atoms with Gasteiger partial charge in [-0.15, -0.1) is 0 Å². The molecule has 0 unspecified atom stereocenters. The van der Waals surface area contributed by atoms with Gasteiger partial charge in [-0.1, -0.05) is 19.3 Å². The van der Waals surface area contributed by atoms with Gasteiger partial charge >= 0.3 is 5.76 Å². The monoisotopic (exact) mass is 277 g/mol. The van der Waals surface area contributed by atoms with E-state index in [9.17, 15) is 9.59 Å². The van der Waals surface area contributed by atoms with Crippen LogP contribution in [0, 0.1) is 5.92 Å². The number of hydrogen-bond acceptors (Lipinski definition) is 4. The maximum atomic E-state index is 10.5. The summed E-state index contributed by atoms with van der Waals surface area (Å²) in [6, 6.07) is 3.39. The summed E-state index contributed by atoms with van der Waals surface area (Å²) in [4.78, 5) is 27.3. The Balaban J connectivity index is 0.000000147. The topological polar surface area (TPSA) is 102 Å². The van der Waals surface area contributed by atoms with E-state index in [1.807, 2.05) is 0 Å². The number of carbonyl (C=O) groups is 1. The molecular weight excluding hydrogens is 258 g/mol. The molecule has 1 amide bonds. The molecule has 0 bridgehead atoms. The highest BCUT2D eigenvalue weighted by atomic mass is 16.4. The minimum Gasteiger partial charge on any atom is -0.406 e. The molecule has 2 aromatic heterocycles. The molecule has 0 aromatic carbocycles. The van der Waals surface area contributed by atoms with Gasteiger partial charge in [-0.3, -0.25) is 9.78 Å². The highest BCUT2D eigenvalue weighted by Crippen LogP contribution is 2.25. The molecule has 0 saturated heterocycles. The van der Waals surface area contributed by atoms with Gasteiger partial charge in [0.15, 0.2) is 11.2 Å². The molecule has 0 radical (unpaired) electrons. The summed E-state index contributed by atoms with van der Waals surface area (Å²) in [6.07, 6.45) is 8.55. The van der Waals surface area contributed by atoms with Crippen LogP contribution in [-0.4, -0.2) is 15.9 Å². The van der Waals surface area contributed by atoms with Crippen LogP contribution in [0.1, 0.15) is 38.5 Å². The zero-order chi connectivity index (χ0) is 14.4. The molecule has 2 heterocycles. The number of fused-ring (bicyclic) bond motifs is 1. The lowest BCUT2D eigenvalue weighted by Gasteiger charge is -2.19. The van der Waals surface area contributed by atoms with Crippen LogP contribution in [0.4, 0.5) is 0 Å². The molecule has 6 nitrogen and oxygen atoms in total. The maximum absolute atomic E-state index is 10.5. The second-order valence-corrected chi connectivity index (χ2v) is 5.04. The minimum absolute atomic E-state index is 0.132. The first-order chi connectivity index (χ1) is 9.65. The molecule has 3 rings (SSSR count). The van der Waals surface area contributed by atoms with E-state index in [1.165, 1.54) is 32.1 Å². The van der Waals surface area contributed by atoms with Crippen LogP contribution in [0.2, 0.25) is 0 Å². The van der Waals surface area contributed by atoms with Crippen molar-refractivity contribution in [3.05, 3.63) is 28.9 Å². The molecule has 6 heteroatoms. The van der Waals surface area contributed by atoms with Gasteiger partial charge in [-0.2, -0.15) is 0 Å². The average molecular weight is 277 g/mol. The van der Waals surface area contributed by atoms with E-state index in [0.29, 0.717) is 23.6 Å². The van der Waals surface area contributed by atoms with Crippen LogP contribution in [0.15, 0.2) is 27.5 Å². The van der Waals surface area contributed by atoms with Crippen molar-refractivity contribution in [1.29, 1.82) is 0 Å². The van der Waals surface area contributed by atoms with Crippen LogP contribution in [-0.2, 0) is 4.79 Å². The minimum atomic E-state index is -0.464. The van der Waals surface area contributed by atoms with Crippen LogP contribution < -0.4 is 11.5 Å². The Hall–Kier alpha value is -2.11. The van der Waals surface area contributed by atoms with E-state index in [1.54, 1.807) is 18.3 Å². The number of aromatic amines is 1. The molecule has 20 heavy (non-hydrogen) atoms. The van der Waals surface area contributed by atoms with E-state index in [-0.39, 0.29) is 5.91 Å². The predicted molar refractivity (Wildman–Crippen MR) is 75.0 cm³/mol. The summed E-state index contributed by atoms with van der Waals surface area (Å²) in [7, 11) is 0. The number of rotatable bonds is 2. The van der Waals surface area contributed by atoms with Crippen molar-refractivity contribution in [3.63, 3.8) is 0 Å². The summed E-state index contributed by atoms with van der Waals surface area (Å²) in [5.74, 6) is 0.00634. The summed E-state index contributed by atoms with van der Waals surface area (Å²) in [5, 5.41) is 0. The second-order valence-electron chi connectivity index (χ2n) is 5.04. The van der Waals surface area contributed by atoms with Crippen LogP contribution in [0.5, 0.6) is 0 Å². The Morgan fingerprint density at radius 3 is 2.80 bits per heavy atom. The van der Waals surface area contributed by atoms with Gasteiger partial charge in [0.25, 0.3) is 0 Å².